The molecule has 19 heteroatoms. The Hall–Kier alpha value is -8.82. The Morgan fingerprint density at radius 2 is 0.939 bits per heavy atom. The first-order chi connectivity index (χ1) is 31.4. The first-order valence-electron chi connectivity index (χ1n) is 18.6. The van der Waals surface area contributed by atoms with Crippen LogP contribution in [0.1, 0.15) is 77.9 Å². The van der Waals surface area contributed by atoms with Gasteiger partial charge in [0.25, 0.3) is 0 Å². The molecule has 0 aliphatic carbocycles. The van der Waals surface area contributed by atoms with Crippen LogP contribution in [-0.4, -0.2) is 78.9 Å². The van der Waals surface area contributed by atoms with Gasteiger partial charge in [-0.25, -0.2) is 34.1 Å². The van der Waals surface area contributed by atoms with Crippen LogP contribution in [0.4, 0.5) is 0 Å². The first kappa shape index (κ1) is 48.2. The van der Waals surface area contributed by atoms with Crippen LogP contribution >= 0.6 is 22.6 Å². The second-order valence-corrected chi connectivity index (χ2v) is 13.9. The highest BCUT2D eigenvalue weighted by Gasteiger charge is 2.26. The zero-order chi connectivity index (χ0) is 46.6. The van der Waals surface area contributed by atoms with Crippen molar-refractivity contribution in [1.29, 1.82) is 10.5 Å². The third kappa shape index (κ3) is 10.5. The predicted octanol–water partition coefficient (Wildman–Crippen LogP) is 7.79. The summed E-state index contributed by atoms with van der Waals surface area (Å²) in [4.78, 5) is 84.4. The van der Waals surface area contributed by atoms with Crippen molar-refractivity contribution in [1.82, 2.24) is 29.9 Å². The molecule has 328 valence electrons. The third-order valence-corrected chi connectivity index (χ3v) is 9.66. The Morgan fingerprint density at radius 1 is 0.545 bits per heavy atom. The molecule has 0 saturated heterocycles. The topological polar surface area (TPSA) is 267 Å². The van der Waals surface area contributed by atoms with E-state index in [1.807, 2.05) is 34.7 Å². The maximum absolute atomic E-state index is 12.4. The van der Waals surface area contributed by atoms with Gasteiger partial charge in [0.05, 0.1) is 25.3 Å². The minimum absolute atomic E-state index is 0. The Balaban J connectivity index is 0.000000189. The number of nitriles is 2. The number of nitrogens with zero attached hydrogens (tertiary/aromatic N) is 8. The molecule has 8 aromatic rings. The third-order valence-electron chi connectivity index (χ3n) is 8.83. The highest BCUT2D eigenvalue weighted by atomic mass is 127. The van der Waals surface area contributed by atoms with Crippen molar-refractivity contribution in [2.45, 2.75) is 14.4 Å². The molecule has 0 unspecified atom stereocenters. The summed E-state index contributed by atoms with van der Waals surface area (Å²) >= 11 is 2.00. The largest absolute Gasteiger partial charge is 0.504 e. The van der Waals surface area contributed by atoms with E-state index in [0.29, 0.717) is 36.5 Å². The van der Waals surface area contributed by atoms with Crippen molar-refractivity contribution in [2.24, 2.45) is 0 Å². The Labute approximate surface area is 388 Å². The molecule has 0 aliphatic heterocycles. The van der Waals surface area contributed by atoms with E-state index in [9.17, 15) is 34.3 Å². The minimum atomic E-state index is -0.833. The number of aromatic nitrogens is 6. The Morgan fingerprint density at radius 3 is 1.38 bits per heavy atom. The van der Waals surface area contributed by atoms with Gasteiger partial charge in [-0.05, 0) is 83.3 Å². The lowest BCUT2D eigenvalue weighted by Crippen LogP contribution is -2.15. The number of hydrogen-bond donors (Lipinski definition) is 1. The van der Waals surface area contributed by atoms with Crippen molar-refractivity contribution in [3.05, 3.63) is 159 Å². The number of methoxy groups -OCH3 is 2. The molecule has 0 bridgehead atoms. The summed E-state index contributed by atoms with van der Waals surface area (Å²) in [5.41, 5.74) is 1.02. The number of carbonyl (C=O) groups is 5. The van der Waals surface area contributed by atoms with E-state index >= 15 is 0 Å². The number of hydrogen-bond acceptors (Lipinski definition) is 18. The monoisotopic (exact) mass is 996 g/mol. The van der Waals surface area contributed by atoms with Gasteiger partial charge in [0, 0.05) is 41.7 Å². The quantitative estimate of drug-likeness (QED) is 0.0690. The lowest BCUT2D eigenvalue weighted by molar-refractivity contribution is 0.0573. The molecule has 0 spiro atoms. The Kier molecular flexibility index (Phi) is 16.1. The van der Waals surface area contributed by atoms with Gasteiger partial charge in [-0.3, -0.25) is 19.7 Å². The fraction of sp³-hybridized carbons (Fsp3) is 0.0851. The zero-order valence-electron chi connectivity index (χ0n) is 34.0. The number of Topliss-reactive ketones (excluding diaryl/α,β-unsaturated/α-hetero) is 1. The number of pyridine rings is 6. The molecule has 66 heavy (non-hydrogen) atoms. The van der Waals surface area contributed by atoms with Gasteiger partial charge in [-0.15, -0.1) is 0 Å². The van der Waals surface area contributed by atoms with Crippen LogP contribution in [0.15, 0.2) is 116 Å². The summed E-state index contributed by atoms with van der Waals surface area (Å²) in [7, 11) is 2.41. The molecular formula is C47H33IN8O10. The smallest absolute Gasteiger partial charge is 0.360 e. The maximum Gasteiger partial charge on any atom is 0.360 e. The highest BCUT2D eigenvalue weighted by Crippen LogP contribution is 2.32. The number of benzene rings is 2. The molecule has 18 nitrogen and oxygen atoms in total. The molecule has 0 amide bonds. The van der Waals surface area contributed by atoms with E-state index in [4.69, 9.17) is 19.5 Å². The average Bonchev–Trinajstić information content (AvgIpc) is 3.35. The van der Waals surface area contributed by atoms with E-state index in [0.717, 1.165) is 0 Å². The second-order valence-electron chi connectivity index (χ2n) is 12.8. The number of carbonyl (C=O) groups excluding carboxylic acids is 5. The molecule has 0 aliphatic rings. The van der Waals surface area contributed by atoms with E-state index in [-0.39, 0.29) is 64.2 Å². The van der Waals surface area contributed by atoms with Crippen LogP contribution in [-0.2, 0) is 9.47 Å². The highest BCUT2D eigenvalue weighted by molar-refractivity contribution is 14.1. The van der Waals surface area contributed by atoms with Gasteiger partial charge in [-0.1, -0.05) is 43.8 Å². The average molecular weight is 997 g/mol. The summed E-state index contributed by atoms with van der Waals surface area (Å²) in [6, 6.07) is 30.6. The number of aromatic hydroxyl groups is 1. The summed E-state index contributed by atoms with van der Waals surface area (Å²) in [6.07, 6.45) is 4.50. The molecule has 8 rings (SSSR count). The normalized spacial score (nSPS) is 10.0. The van der Waals surface area contributed by atoms with Gasteiger partial charge in [0.1, 0.15) is 32.4 Å². The molecule has 6 aromatic heterocycles. The van der Waals surface area contributed by atoms with Gasteiger partial charge in [0.15, 0.2) is 51.5 Å². The van der Waals surface area contributed by atoms with E-state index < -0.39 is 29.7 Å². The van der Waals surface area contributed by atoms with Crippen LogP contribution in [0, 0.1) is 26.4 Å². The number of ether oxygens (including phenoxy) is 4. The van der Waals surface area contributed by atoms with Crippen LogP contribution in [0.3, 0.4) is 0 Å². The summed E-state index contributed by atoms with van der Waals surface area (Å²) < 4.78 is 20.8. The van der Waals surface area contributed by atoms with Crippen molar-refractivity contribution in [3.63, 3.8) is 0 Å². The predicted molar refractivity (Wildman–Crippen MR) is 245 cm³/mol. The lowest BCUT2D eigenvalue weighted by atomic mass is 10.1. The minimum Gasteiger partial charge on any atom is -0.504 e. The lowest BCUT2D eigenvalue weighted by Gasteiger charge is -2.11. The summed E-state index contributed by atoms with van der Waals surface area (Å²) in [5.74, 6) is -3.64. The van der Waals surface area contributed by atoms with E-state index in [2.05, 4.69) is 34.6 Å². The Bertz CT molecular complexity index is 3250. The zero-order valence-corrected chi connectivity index (χ0v) is 36.2. The van der Waals surface area contributed by atoms with Crippen LogP contribution in [0.2, 0.25) is 0 Å². The summed E-state index contributed by atoms with van der Waals surface area (Å²) in [6.45, 7) is 1.28. The van der Waals surface area contributed by atoms with Crippen molar-refractivity contribution in [2.75, 3.05) is 14.2 Å². The van der Waals surface area contributed by atoms with Crippen LogP contribution < -0.4 is 9.47 Å². The molecule has 0 atom stereocenters. The molecule has 0 radical (unpaired) electrons. The number of ketones is 1. The first-order valence-corrected chi connectivity index (χ1v) is 19.7. The molecule has 2 aromatic carbocycles. The van der Waals surface area contributed by atoms with Crippen LogP contribution in [0.5, 0.6) is 17.2 Å². The fourth-order valence-electron chi connectivity index (χ4n) is 5.84. The SMILES string of the molecule is C.CC(=O)c1nc(C#N)c2cccnc2c1O.COC(=O)c1nc(C#N)c2cccnc2c1OC(=O)c1ccccc1.COC(=O)c1nc(I)c2cccnc2c1OC(=O)c1ccccc1. The molecule has 0 saturated carbocycles. The second kappa shape index (κ2) is 22.0. The maximum atomic E-state index is 12.4. The van der Waals surface area contributed by atoms with Gasteiger partial charge in [-0.2, -0.15) is 10.5 Å². The van der Waals surface area contributed by atoms with Gasteiger partial charge < -0.3 is 24.1 Å². The van der Waals surface area contributed by atoms with Gasteiger partial charge >= 0.3 is 23.9 Å². The van der Waals surface area contributed by atoms with Crippen molar-refractivity contribution < 1.29 is 48.0 Å². The molecule has 1 N–H and O–H groups in total. The number of halogens is 1. The van der Waals surface area contributed by atoms with E-state index in [1.165, 1.54) is 33.5 Å². The molecular weight excluding hydrogens is 963 g/mol. The van der Waals surface area contributed by atoms with E-state index in [1.54, 1.807) is 103 Å². The van der Waals surface area contributed by atoms with Crippen molar-refractivity contribution >= 4 is 85.0 Å². The number of esters is 4. The van der Waals surface area contributed by atoms with Crippen molar-refractivity contribution in [3.8, 4) is 29.4 Å². The molecule has 0 fully saturated rings. The number of rotatable bonds is 7. The van der Waals surface area contributed by atoms with Gasteiger partial charge in [0.2, 0.25) is 0 Å². The summed E-state index contributed by atoms with van der Waals surface area (Å²) in [5, 5.41) is 29.4. The van der Waals surface area contributed by atoms with Crippen LogP contribution in [0.25, 0.3) is 32.7 Å². The standard InChI is InChI=1S/C18H11N3O4.C17H11IN2O4.C11H7N3O2.CH4/c1-24-18(23)15-16(25-17(22)11-6-3-2-4-7-11)14-12(8-5-9-20-14)13(10-19)21-15;1-23-17(22)13-14(24-16(21)10-6-3-2-4-7-10)12-11(15(18)20-13)8-5-9-19-12;1-6(15)9-11(16)10-7(3-2-4-13-10)8(5-12)14-9;/h2-9H,1H3;2-9H,1H3;2-4,16H,1H3;1H4. The molecule has 6 heterocycles. The number of fused-ring (bicyclic) bond motifs is 3. The fourth-order valence-corrected chi connectivity index (χ4v) is 6.52.